The summed E-state index contributed by atoms with van der Waals surface area (Å²) in [6.07, 6.45) is 10.8. The fourth-order valence-corrected chi connectivity index (χ4v) is 4.66. The van der Waals surface area contributed by atoms with Gasteiger partial charge in [0.1, 0.15) is 0 Å². The Bertz CT molecular complexity index is 591. The molecule has 2 heteroatoms. The second-order valence-corrected chi connectivity index (χ2v) is 9.37. The maximum Gasteiger partial charge on any atom is 0.220 e. The van der Waals surface area contributed by atoms with Gasteiger partial charge < -0.3 is 5.32 Å². The van der Waals surface area contributed by atoms with E-state index in [1.807, 2.05) is 0 Å². The Morgan fingerprint density at radius 3 is 2.40 bits per heavy atom. The summed E-state index contributed by atoms with van der Waals surface area (Å²) in [7, 11) is 0. The standard InChI is InChI=1S/C23H35NO/c1-23(2,3)21-12-9-17(10-13-21)15-22(25)24-16-18-8-11-19-6-4-5-7-20(19)14-18/h8,11,14,17,21H,4-7,9-10,12-13,15-16H2,1-3H3,(H,24,25). The van der Waals surface area contributed by atoms with Gasteiger partial charge in [-0.1, -0.05) is 39.0 Å². The summed E-state index contributed by atoms with van der Waals surface area (Å²) in [4.78, 5) is 12.3. The van der Waals surface area contributed by atoms with Gasteiger partial charge in [-0.15, -0.1) is 0 Å². The first-order chi connectivity index (χ1) is 11.9. The second kappa shape index (κ2) is 7.93. The molecule has 138 valence electrons. The highest BCUT2D eigenvalue weighted by atomic mass is 16.1. The van der Waals surface area contributed by atoms with E-state index in [1.165, 1.54) is 68.1 Å². The molecule has 0 radical (unpaired) electrons. The predicted molar refractivity (Wildman–Crippen MR) is 104 cm³/mol. The Labute approximate surface area is 153 Å². The van der Waals surface area contributed by atoms with E-state index in [1.54, 1.807) is 0 Å². The predicted octanol–water partition coefficient (Wildman–Crippen LogP) is 5.42. The summed E-state index contributed by atoms with van der Waals surface area (Å²) in [6.45, 7) is 7.74. The van der Waals surface area contributed by atoms with Crippen LogP contribution in [0.5, 0.6) is 0 Å². The van der Waals surface area contributed by atoms with Crippen molar-refractivity contribution in [3.05, 3.63) is 34.9 Å². The van der Waals surface area contributed by atoms with Crippen molar-refractivity contribution in [2.24, 2.45) is 17.3 Å². The van der Waals surface area contributed by atoms with Crippen LogP contribution in [0.3, 0.4) is 0 Å². The minimum Gasteiger partial charge on any atom is -0.352 e. The van der Waals surface area contributed by atoms with E-state index in [4.69, 9.17) is 0 Å². The fraction of sp³-hybridized carbons (Fsp3) is 0.696. The Balaban J connectivity index is 1.43. The van der Waals surface area contributed by atoms with E-state index >= 15 is 0 Å². The van der Waals surface area contributed by atoms with Gasteiger partial charge in [0, 0.05) is 13.0 Å². The van der Waals surface area contributed by atoms with E-state index in [2.05, 4.69) is 44.3 Å². The number of hydrogen-bond donors (Lipinski definition) is 1. The number of benzene rings is 1. The largest absolute Gasteiger partial charge is 0.352 e. The smallest absolute Gasteiger partial charge is 0.220 e. The number of hydrogen-bond acceptors (Lipinski definition) is 1. The van der Waals surface area contributed by atoms with Gasteiger partial charge in [0.15, 0.2) is 0 Å². The molecular weight excluding hydrogens is 306 g/mol. The quantitative estimate of drug-likeness (QED) is 0.778. The lowest BCUT2D eigenvalue weighted by molar-refractivity contribution is -0.122. The topological polar surface area (TPSA) is 29.1 Å². The maximum absolute atomic E-state index is 12.3. The summed E-state index contributed by atoms with van der Waals surface area (Å²) in [6, 6.07) is 6.77. The minimum absolute atomic E-state index is 0.233. The van der Waals surface area contributed by atoms with Crippen molar-refractivity contribution in [2.45, 2.75) is 85.1 Å². The molecule has 0 unspecified atom stereocenters. The lowest BCUT2D eigenvalue weighted by Gasteiger charge is -2.36. The van der Waals surface area contributed by atoms with E-state index in [9.17, 15) is 4.79 Å². The molecule has 0 aliphatic heterocycles. The highest BCUT2D eigenvalue weighted by Crippen LogP contribution is 2.40. The monoisotopic (exact) mass is 341 g/mol. The number of nitrogens with one attached hydrogen (secondary N) is 1. The number of fused-ring (bicyclic) bond motifs is 1. The maximum atomic E-state index is 12.3. The van der Waals surface area contributed by atoms with Crippen molar-refractivity contribution in [3.8, 4) is 0 Å². The molecule has 1 aromatic rings. The van der Waals surface area contributed by atoms with Gasteiger partial charge >= 0.3 is 0 Å². The molecule has 1 amide bonds. The van der Waals surface area contributed by atoms with Crippen molar-refractivity contribution in [3.63, 3.8) is 0 Å². The number of carbonyl (C=O) groups is 1. The zero-order valence-corrected chi connectivity index (χ0v) is 16.4. The molecule has 0 bridgehead atoms. The molecule has 0 heterocycles. The third kappa shape index (κ3) is 5.09. The van der Waals surface area contributed by atoms with E-state index in [-0.39, 0.29) is 5.91 Å². The minimum atomic E-state index is 0.233. The van der Waals surface area contributed by atoms with Crippen LogP contribution in [0.4, 0.5) is 0 Å². The van der Waals surface area contributed by atoms with Gasteiger partial charge in [-0.2, -0.15) is 0 Å². The lowest BCUT2D eigenvalue weighted by atomic mass is 9.69. The van der Waals surface area contributed by atoms with Crippen LogP contribution in [0.2, 0.25) is 0 Å². The van der Waals surface area contributed by atoms with Crippen LogP contribution in [-0.4, -0.2) is 5.91 Å². The summed E-state index contributed by atoms with van der Waals surface area (Å²) < 4.78 is 0. The Morgan fingerprint density at radius 2 is 1.72 bits per heavy atom. The van der Waals surface area contributed by atoms with Gasteiger partial charge in [0.25, 0.3) is 0 Å². The molecule has 1 fully saturated rings. The van der Waals surface area contributed by atoms with Crippen LogP contribution in [0, 0.1) is 17.3 Å². The third-order valence-electron chi connectivity index (χ3n) is 6.45. The molecule has 1 aromatic carbocycles. The van der Waals surface area contributed by atoms with Crippen LogP contribution < -0.4 is 5.32 Å². The first kappa shape index (κ1) is 18.5. The van der Waals surface area contributed by atoms with Crippen molar-refractivity contribution < 1.29 is 4.79 Å². The van der Waals surface area contributed by atoms with E-state index in [0.29, 0.717) is 24.3 Å². The average Bonchev–Trinajstić information content (AvgIpc) is 2.59. The number of amides is 1. The highest BCUT2D eigenvalue weighted by molar-refractivity contribution is 5.76. The molecule has 1 N–H and O–H groups in total. The summed E-state index contributed by atoms with van der Waals surface area (Å²) in [5.74, 6) is 1.64. The molecule has 0 atom stereocenters. The molecule has 2 nitrogen and oxygen atoms in total. The van der Waals surface area contributed by atoms with Gasteiger partial charge in [0.05, 0.1) is 0 Å². The molecular formula is C23H35NO. The lowest BCUT2D eigenvalue weighted by Crippen LogP contribution is -2.29. The Morgan fingerprint density at radius 1 is 1.04 bits per heavy atom. The van der Waals surface area contributed by atoms with Gasteiger partial charge in [0.2, 0.25) is 5.91 Å². The van der Waals surface area contributed by atoms with Gasteiger partial charge in [-0.05, 0) is 85.3 Å². The molecule has 25 heavy (non-hydrogen) atoms. The van der Waals surface area contributed by atoms with Crippen LogP contribution >= 0.6 is 0 Å². The van der Waals surface area contributed by atoms with Crippen LogP contribution in [0.1, 0.15) is 82.4 Å². The molecule has 2 aliphatic carbocycles. The Kier molecular flexibility index (Phi) is 5.86. The first-order valence-electron chi connectivity index (χ1n) is 10.3. The molecule has 1 saturated carbocycles. The van der Waals surface area contributed by atoms with Crippen molar-refractivity contribution in [1.82, 2.24) is 5.32 Å². The van der Waals surface area contributed by atoms with E-state index in [0.717, 1.165) is 5.92 Å². The highest BCUT2D eigenvalue weighted by Gasteiger charge is 2.30. The zero-order chi connectivity index (χ0) is 17.9. The molecule has 3 rings (SSSR count). The molecule has 2 aliphatic rings. The van der Waals surface area contributed by atoms with Crippen molar-refractivity contribution >= 4 is 5.91 Å². The normalized spacial score (nSPS) is 23.8. The Hall–Kier alpha value is -1.31. The zero-order valence-electron chi connectivity index (χ0n) is 16.4. The van der Waals surface area contributed by atoms with Crippen LogP contribution in [0.25, 0.3) is 0 Å². The number of aryl methyl sites for hydroxylation is 2. The summed E-state index contributed by atoms with van der Waals surface area (Å²) in [5.41, 5.74) is 4.68. The summed E-state index contributed by atoms with van der Waals surface area (Å²) >= 11 is 0. The van der Waals surface area contributed by atoms with Crippen molar-refractivity contribution in [1.29, 1.82) is 0 Å². The van der Waals surface area contributed by atoms with E-state index < -0.39 is 0 Å². The third-order valence-corrected chi connectivity index (χ3v) is 6.45. The molecule has 0 spiro atoms. The SMILES string of the molecule is CC(C)(C)C1CCC(CC(=O)NCc2ccc3c(c2)CCCC3)CC1. The number of carbonyl (C=O) groups excluding carboxylic acids is 1. The number of rotatable bonds is 4. The van der Waals surface area contributed by atoms with Crippen molar-refractivity contribution in [2.75, 3.05) is 0 Å². The first-order valence-corrected chi connectivity index (χ1v) is 10.3. The second-order valence-electron chi connectivity index (χ2n) is 9.37. The molecule has 0 saturated heterocycles. The fourth-order valence-electron chi connectivity index (χ4n) is 4.66. The van der Waals surface area contributed by atoms with Gasteiger partial charge in [-0.3, -0.25) is 4.79 Å². The van der Waals surface area contributed by atoms with Gasteiger partial charge in [-0.25, -0.2) is 0 Å². The summed E-state index contributed by atoms with van der Waals surface area (Å²) in [5, 5.41) is 3.16. The molecule has 0 aromatic heterocycles. The van der Waals surface area contributed by atoms with Crippen LogP contribution in [0.15, 0.2) is 18.2 Å². The average molecular weight is 342 g/mol. The van der Waals surface area contributed by atoms with Crippen LogP contribution in [-0.2, 0) is 24.2 Å².